The Labute approximate surface area is 291 Å². The summed E-state index contributed by atoms with van der Waals surface area (Å²) < 4.78 is 0. The van der Waals surface area contributed by atoms with E-state index in [1.807, 2.05) is 44.2 Å². The third-order valence-corrected chi connectivity index (χ3v) is 9.37. The summed E-state index contributed by atoms with van der Waals surface area (Å²) in [6.07, 6.45) is 1.68. The summed E-state index contributed by atoms with van der Waals surface area (Å²) in [4.78, 5) is 81.6. The van der Waals surface area contributed by atoms with Crippen molar-refractivity contribution in [2.45, 2.75) is 78.0 Å². The standard InChI is InChI=1S/C37H45N5O6S/c1-23(2)20-29-35(46)39-24(3)33(44)38-18-8-9-19-42(37(48)32-17-16-31(49-32)25(4)43)22-27-12-14-28(15-13-27)34(45)40-30(36(47)41-29)21-26-10-6-5-7-11-26/h5-7,10-17,23-24,29-30H,8-9,18-22H2,1-4H3,(H,38,44)(H,39,46)(H,40,45)(H,41,47)/t24-,29+,30-/m1/s1. The maximum Gasteiger partial charge on any atom is 0.264 e. The average Bonchev–Trinajstić information content (AvgIpc) is 3.58. The van der Waals surface area contributed by atoms with Crippen LogP contribution in [0.2, 0.25) is 0 Å². The van der Waals surface area contributed by atoms with Gasteiger partial charge < -0.3 is 26.2 Å². The van der Waals surface area contributed by atoms with Crippen molar-refractivity contribution in [1.82, 2.24) is 26.2 Å². The zero-order valence-electron chi connectivity index (χ0n) is 28.4. The number of hydrogen-bond acceptors (Lipinski definition) is 7. The minimum absolute atomic E-state index is 0.0535. The van der Waals surface area contributed by atoms with E-state index in [-0.39, 0.29) is 36.5 Å². The highest BCUT2D eigenvalue weighted by Crippen LogP contribution is 2.21. The van der Waals surface area contributed by atoms with Crippen molar-refractivity contribution in [3.63, 3.8) is 0 Å². The van der Waals surface area contributed by atoms with Crippen molar-refractivity contribution in [2.75, 3.05) is 13.1 Å². The Bertz CT molecular complexity index is 1640. The van der Waals surface area contributed by atoms with Gasteiger partial charge in [-0.15, -0.1) is 11.3 Å². The lowest BCUT2D eigenvalue weighted by molar-refractivity contribution is -0.132. The van der Waals surface area contributed by atoms with Gasteiger partial charge in [-0.25, -0.2) is 0 Å². The fraction of sp³-hybridized carbons (Fsp3) is 0.405. The van der Waals surface area contributed by atoms with Crippen LogP contribution < -0.4 is 21.3 Å². The average molecular weight is 688 g/mol. The number of ketones is 1. The van der Waals surface area contributed by atoms with Crippen molar-refractivity contribution in [3.8, 4) is 0 Å². The number of amides is 5. The van der Waals surface area contributed by atoms with Crippen LogP contribution in [0.25, 0.3) is 0 Å². The molecule has 2 aliphatic rings. The molecule has 4 N–H and O–H groups in total. The zero-order valence-corrected chi connectivity index (χ0v) is 29.2. The minimum Gasteiger partial charge on any atom is -0.354 e. The summed E-state index contributed by atoms with van der Waals surface area (Å²) in [6.45, 7) is 7.89. The van der Waals surface area contributed by atoms with Gasteiger partial charge in [0.2, 0.25) is 17.7 Å². The van der Waals surface area contributed by atoms with Crippen LogP contribution in [0.15, 0.2) is 66.7 Å². The number of nitrogens with one attached hydrogen (secondary N) is 4. The molecule has 5 rings (SSSR count). The van der Waals surface area contributed by atoms with Gasteiger partial charge in [-0.3, -0.25) is 28.8 Å². The molecule has 0 saturated carbocycles. The number of carbonyl (C=O) groups excluding carboxylic acids is 6. The predicted molar refractivity (Wildman–Crippen MR) is 188 cm³/mol. The van der Waals surface area contributed by atoms with E-state index in [2.05, 4.69) is 21.3 Å². The second-order valence-electron chi connectivity index (χ2n) is 12.8. The smallest absolute Gasteiger partial charge is 0.264 e. The van der Waals surface area contributed by atoms with Crippen LogP contribution in [0.1, 0.15) is 87.8 Å². The van der Waals surface area contributed by atoms with Gasteiger partial charge in [0.25, 0.3) is 11.8 Å². The van der Waals surface area contributed by atoms with Crippen LogP contribution in [0.5, 0.6) is 0 Å². The molecule has 49 heavy (non-hydrogen) atoms. The van der Waals surface area contributed by atoms with Gasteiger partial charge in [-0.1, -0.05) is 56.3 Å². The van der Waals surface area contributed by atoms with E-state index in [1.165, 1.54) is 6.92 Å². The molecule has 1 aromatic heterocycles. The highest BCUT2D eigenvalue weighted by Gasteiger charge is 2.30. The van der Waals surface area contributed by atoms with Crippen LogP contribution in [0, 0.1) is 5.92 Å². The van der Waals surface area contributed by atoms with Crippen LogP contribution in [0.4, 0.5) is 0 Å². The van der Waals surface area contributed by atoms with E-state index in [0.29, 0.717) is 47.7 Å². The SMILES string of the molecule is CC(=O)c1ccc(C(=O)N2CCCCNC(=O)[C@@H](C)NC(=O)[C@H](CC(C)C)NC(=O)[C@@H](Cc3ccccc3)NC(=O)c3ccc(cc3)C2)s1. The van der Waals surface area contributed by atoms with Gasteiger partial charge in [0.15, 0.2) is 5.78 Å². The summed E-state index contributed by atoms with van der Waals surface area (Å²) in [7, 11) is 0. The summed E-state index contributed by atoms with van der Waals surface area (Å²) in [5.41, 5.74) is 1.95. The minimum atomic E-state index is -0.995. The quantitative estimate of drug-likeness (QED) is 0.228. The third-order valence-electron chi connectivity index (χ3n) is 8.19. The first kappa shape index (κ1) is 37.0. The molecule has 0 saturated heterocycles. The summed E-state index contributed by atoms with van der Waals surface area (Å²) in [6, 6.07) is 16.6. The second-order valence-corrected chi connectivity index (χ2v) is 13.9. The van der Waals surface area contributed by atoms with Gasteiger partial charge >= 0.3 is 0 Å². The molecule has 0 spiro atoms. The fourth-order valence-corrected chi connectivity index (χ4v) is 6.35. The number of Topliss-reactive ketones (excluding diaryl/α,β-unsaturated/α-hetero) is 1. The van der Waals surface area contributed by atoms with Gasteiger partial charge in [0, 0.05) is 31.6 Å². The first-order chi connectivity index (χ1) is 23.4. The van der Waals surface area contributed by atoms with Gasteiger partial charge in [-0.2, -0.15) is 0 Å². The maximum absolute atomic E-state index is 13.7. The van der Waals surface area contributed by atoms with Crippen molar-refractivity contribution in [3.05, 3.63) is 93.2 Å². The third kappa shape index (κ3) is 10.8. The Balaban J connectivity index is 1.62. The molecule has 0 unspecified atom stereocenters. The van der Waals surface area contributed by atoms with Crippen LogP contribution in [-0.4, -0.2) is 71.4 Å². The van der Waals surface area contributed by atoms with Crippen molar-refractivity contribution >= 4 is 46.7 Å². The summed E-state index contributed by atoms with van der Waals surface area (Å²) >= 11 is 1.15. The van der Waals surface area contributed by atoms with E-state index in [4.69, 9.17) is 0 Å². The number of benzene rings is 2. The van der Waals surface area contributed by atoms with Crippen LogP contribution in [-0.2, 0) is 27.3 Å². The number of carbonyl (C=O) groups is 6. The maximum atomic E-state index is 13.7. The summed E-state index contributed by atoms with van der Waals surface area (Å²) in [5, 5.41) is 11.3. The fourth-order valence-electron chi connectivity index (χ4n) is 5.48. The lowest BCUT2D eigenvalue weighted by Crippen LogP contribution is -2.57. The Morgan fingerprint density at radius 3 is 2.14 bits per heavy atom. The molecule has 2 bridgehead atoms. The van der Waals surface area contributed by atoms with Gasteiger partial charge in [0.05, 0.1) is 9.75 Å². The Kier molecular flexibility index (Phi) is 13.2. The van der Waals surface area contributed by atoms with E-state index < -0.39 is 35.8 Å². The Morgan fingerprint density at radius 2 is 1.49 bits per heavy atom. The predicted octanol–water partition coefficient (Wildman–Crippen LogP) is 3.88. The highest BCUT2D eigenvalue weighted by molar-refractivity contribution is 7.15. The first-order valence-electron chi connectivity index (χ1n) is 16.6. The van der Waals surface area contributed by atoms with Crippen LogP contribution >= 0.6 is 11.3 Å². The highest BCUT2D eigenvalue weighted by atomic mass is 32.1. The Hall–Kier alpha value is -4.84. The van der Waals surface area contributed by atoms with Crippen molar-refractivity contribution in [1.29, 1.82) is 0 Å². The largest absolute Gasteiger partial charge is 0.354 e. The normalized spacial score (nSPS) is 20.1. The molecule has 0 aliphatic carbocycles. The Morgan fingerprint density at radius 1 is 0.816 bits per heavy atom. The van der Waals surface area contributed by atoms with Gasteiger partial charge in [0.1, 0.15) is 18.1 Å². The van der Waals surface area contributed by atoms with Gasteiger partial charge in [-0.05, 0) is 74.4 Å². The molecule has 260 valence electrons. The van der Waals surface area contributed by atoms with Crippen molar-refractivity contribution < 1.29 is 28.8 Å². The lowest BCUT2D eigenvalue weighted by atomic mass is 10.0. The molecule has 0 radical (unpaired) electrons. The molecular weight excluding hydrogens is 643 g/mol. The number of thiophene rings is 1. The molecule has 2 aliphatic heterocycles. The molecule has 3 atom stereocenters. The zero-order chi connectivity index (χ0) is 35.5. The van der Waals surface area contributed by atoms with E-state index in [1.54, 1.807) is 48.2 Å². The van der Waals surface area contributed by atoms with E-state index >= 15 is 0 Å². The monoisotopic (exact) mass is 687 g/mol. The van der Waals surface area contributed by atoms with E-state index in [0.717, 1.165) is 22.5 Å². The topological polar surface area (TPSA) is 154 Å². The molecule has 2 aromatic carbocycles. The van der Waals surface area contributed by atoms with Crippen LogP contribution in [0.3, 0.4) is 0 Å². The number of nitrogens with zero attached hydrogens (tertiary/aromatic N) is 1. The molecular formula is C37H45N5O6S. The summed E-state index contributed by atoms with van der Waals surface area (Å²) in [5.74, 6) is -2.13. The first-order valence-corrected chi connectivity index (χ1v) is 17.4. The molecule has 12 heteroatoms. The number of rotatable bonds is 6. The molecule has 3 aromatic rings. The second kappa shape index (κ2) is 17.5. The van der Waals surface area contributed by atoms with E-state index in [9.17, 15) is 28.8 Å². The number of hydrogen-bond donors (Lipinski definition) is 4. The number of fused-ring (bicyclic) bond motifs is 18. The molecule has 0 fully saturated rings. The lowest BCUT2D eigenvalue weighted by Gasteiger charge is -2.25. The molecule has 3 heterocycles. The molecule has 11 nitrogen and oxygen atoms in total. The molecule has 5 amide bonds. The van der Waals surface area contributed by atoms with Crippen molar-refractivity contribution in [2.24, 2.45) is 5.92 Å².